The highest BCUT2D eigenvalue weighted by molar-refractivity contribution is 5.85. The van der Waals surface area contributed by atoms with Crippen molar-refractivity contribution in [2.45, 2.75) is 12.5 Å². The Hall–Kier alpha value is -1.13. The van der Waals surface area contributed by atoms with Crippen molar-refractivity contribution in [3.8, 4) is 0 Å². The summed E-state index contributed by atoms with van der Waals surface area (Å²) in [6, 6.07) is 18.3. The molecule has 5 heteroatoms. The summed E-state index contributed by atoms with van der Waals surface area (Å²) in [5.74, 6) is 1.20. The van der Waals surface area contributed by atoms with Gasteiger partial charge in [-0.1, -0.05) is 42.5 Å². The summed E-state index contributed by atoms with van der Waals surface area (Å²) in [5.41, 5.74) is 2.54. The van der Waals surface area contributed by atoms with Crippen molar-refractivity contribution in [2.75, 3.05) is 33.2 Å². The highest BCUT2D eigenvalue weighted by Crippen LogP contribution is 2.44. The van der Waals surface area contributed by atoms with Crippen molar-refractivity contribution in [2.24, 2.45) is 11.8 Å². The zero-order valence-corrected chi connectivity index (χ0v) is 16.7. The van der Waals surface area contributed by atoms with Crippen LogP contribution in [0.3, 0.4) is 0 Å². The molecule has 2 fully saturated rings. The van der Waals surface area contributed by atoms with Crippen molar-refractivity contribution in [3.63, 3.8) is 0 Å². The fourth-order valence-electron chi connectivity index (χ4n) is 4.66. The topological polar surface area (TPSA) is 6.48 Å². The maximum absolute atomic E-state index is 13.6. The van der Waals surface area contributed by atoms with Crippen LogP contribution in [-0.4, -0.2) is 43.0 Å². The van der Waals surface area contributed by atoms with Crippen LogP contribution in [0, 0.1) is 17.7 Å². The van der Waals surface area contributed by atoms with Crippen molar-refractivity contribution < 1.29 is 4.39 Å². The molecule has 0 unspecified atom stereocenters. The first-order valence-electron chi connectivity index (χ1n) is 8.92. The minimum atomic E-state index is -0.122. The van der Waals surface area contributed by atoms with E-state index in [0.717, 1.165) is 31.6 Å². The molecule has 26 heavy (non-hydrogen) atoms. The van der Waals surface area contributed by atoms with Gasteiger partial charge in [0.25, 0.3) is 0 Å². The molecule has 3 atom stereocenters. The van der Waals surface area contributed by atoms with Crippen LogP contribution in [0.4, 0.5) is 4.39 Å². The molecule has 0 aromatic heterocycles. The normalized spacial score (nSPS) is 25.4. The molecule has 142 valence electrons. The van der Waals surface area contributed by atoms with E-state index < -0.39 is 0 Å². The van der Waals surface area contributed by atoms with Gasteiger partial charge in [-0.25, -0.2) is 4.39 Å². The molecule has 2 aliphatic rings. The first-order valence-corrected chi connectivity index (χ1v) is 8.92. The molecule has 0 saturated carbocycles. The predicted octanol–water partition coefficient (Wildman–Crippen LogP) is 4.45. The third-order valence-corrected chi connectivity index (χ3v) is 5.72. The van der Waals surface area contributed by atoms with Gasteiger partial charge in [0, 0.05) is 32.2 Å². The average molecular weight is 397 g/mol. The summed E-state index contributed by atoms with van der Waals surface area (Å²) in [7, 11) is 2.18. The molecule has 2 aromatic rings. The Morgan fingerprint density at radius 3 is 2.46 bits per heavy atom. The summed E-state index contributed by atoms with van der Waals surface area (Å²) < 4.78 is 13.6. The Morgan fingerprint density at radius 2 is 1.73 bits per heavy atom. The van der Waals surface area contributed by atoms with E-state index in [9.17, 15) is 4.39 Å². The zero-order valence-electron chi connectivity index (χ0n) is 15.1. The van der Waals surface area contributed by atoms with Crippen molar-refractivity contribution in [3.05, 3.63) is 71.5 Å². The highest BCUT2D eigenvalue weighted by Gasteiger charge is 2.45. The quantitative estimate of drug-likeness (QED) is 0.753. The summed E-state index contributed by atoms with van der Waals surface area (Å²) >= 11 is 0. The van der Waals surface area contributed by atoms with Crippen molar-refractivity contribution in [1.29, 1.82) is 0 Å². The fourth-order valence-corrected chi connectivity index (χ4v) is 4.66. The summed E-state index contributed by atoms with van der Waals surface area (Å²) in [5, 5.41) is 0. The van der Waals surface area contributed by atoms with Gasteiger partial charge < -0.3 is 4.90 Å². The van der Waals surface area contributed by atoms with Gasteiger partial charge in [0.15, 0.2) is 0 Å². The molecule has 0 radical (unpaired) electrons. The van der Waals surface area contributed by atoms with Crippen molar-refractivity contribution >= 4 is 24.8 Å². The van der Waals surface area contributed by atoms with E-state index in [1.165, 1.54) is 18.2 Å². The molecule has 0 bridgehead atoms. The lowest BCUT2D eigenvalue weighted by molar-refractivity contribution is 0.229. The molecule has 2 saturated heterocycles. The highest BCUT2D eigenvalue weighted by atomic mass is 35.5. The average Bonchev–Trinajstić information content (AvgIpc) is 3.09. The molecule has 2 heterocycles. The number of rotatable bonds is 4. The molecular weight excluding hydrogens is 370 g/mol. The van der Waals surface area contributed by atoms with Crippen LogP contribution in [-0.2, 0) is 6.42 Å². The molecule has 4 rings (SSSR count). The summed E-state index contributed by atoms with van der Waals surface area (Å²) in [6.45, 7) is 4.54. The molecule has 0 amide bonds. The molecule has 2 nitrogen and oxygen atoms in total. The predicted molar refractivity (Wildman–Crippen MR) is 110 cm³/mol. The van der Waals surface area contributed by atoms with E-state index in [2.05, 4.69) is 53.2 Å². The van der Waals surface area contributed by atoms with E-state index in [1.54, 1.807) is 6.07 Å². The molecule has 2 aromatic carbocycles. The lowest BCUT2D eigenvalue weighted by atomic mass is 9.89. The van der Waals surface area contributed by atoms with Crippen LogP contribution >= 0.6 is 24.8 Å². The van der Waals surface area contributed by atoms with Crippen LogP contribution in [0.2, 0.25) is 0 Å². The second-order valence-corrected chi connectivity index (χ2v) is 7.36. The van der Waals surface area contributed by atoms with E-state index in [4.69, 9.17) is 0 Å². The Balaban J connectivity index is 0.00000121. The maximum atomic E-state index is 13.6. The number of hydrogen-bond donors (Lipinski definition) is 0. The second-order valence-electron chi connectivity index (χ2n) is 7.36. The Bertz CT molecular complexity index is 697. The van der Waals surface area contributed by atoms with Gasteiger partial charge in [-0.2, -0.15) is 0 Å². The van der Waals surface area contributed by atoms with Crippen LogP contribution in [0.15, 0.2) is 54.6 Å². The maximum Gasteiger partial charge on any atom is 0.123 e. The smallest absolute Gasteiger partial charge is 0.123 e. The van der Waals surface area contributed by atoms with Crippen LogP contribution in [0.1, 0.15) is 17.2 Å². The van der Waals surface area contributed by atoms with Gasteiger partial charge in [-0.15, -0.1) is 24.8 Å². The monoisotopic (exact) mass is 396 g/mol. The number of nitrogens with zero attached hydrogens (tertiary/aromatic N) is 2. The molecule has 0 aliphatic carbocycles. The number of likely N-dealkylation sites (tertiary alicyclic amines) is 2. The van der Waals surface area contributed by atoms with Gasteiger partial charge >= 0.3 is 0 Å². The number of benzene rings is 2. The van der Waals surface area contributed by atoms with Crippen molar-refractivity contribution in [1.82, 2.24) is 9.80 Å². The van der Waals surface area contributed by atoms with Crippen LogP contribution in [0.5, 0.6) is 0 Å². The Kier molecular flexibility index (Phi) is 7.48. The van der Waals surface area contributed by atoms with Gasteiger partial charge in [-0.05, 0) is 48.6 Å². The molecule has 0 N–H and O–H groups in total. The first kappa shape index (κ1) is 21.2. The van der Waals surface area contributed by atoms with E-state index in [-0.39, 0.29) is 30.6 Å². The summed E-state index contributed by atoms with van der Waals surface area (Å²) in [4.78, 5) is 5.01. The largest absolute Gasteiger partial charge is 0.302 e. The fraction of sp³-hybridized carbons (Fsp3) is 0.429. The lowest BCUT2D eigenvalue weighted by Crippen LogP contribution is -2.30. The van der Waals surface area contributed by atoms with Gasteiger partial charge in [0.1, 0.15) is 5.82 Å². The van der Waals surface area contributed by atoms with E-state index in [0.29, 0.717) is 17.9 Å². The number of halogens is 3. The van der Waals surface area contributed by atoms with Crippen LogP contribution < -0.4 is 0 Å². The number of hydrogen-bond acceptors (Lipinski definition) is 2. The first-order chi connectivity index (χ1) is 11.7. The molecule has 0 spiro atoms. The standard InChI is InChI=1S/C21H25FN2.2ClH/c1-23-13-18-14-24(11-10-16-6-3-2-4-7-16)15-20(18)21(23)17-8-5-9-19(22)12-17;;/h2-9,12,18,20-21H,10-11,13-15H2,1H3;2*1H/t18-,20+,21-;;/m0../s1. The summed E-state index contributed by atoms with van der Waals surface area (Å²) in [6.07, 6.45) is 1.11. The van der Waals surface area contributed by atoms with Crippen LogP contribution in [0.25, 0.3) is 0 Å². The Morgan fingerprint density at radius 1 is 0.962 bits per heavy atom. The third-order valence-electron chi connectivity index (χ3n) is 5.72. The zero-order chi connectivity index (χ0) is 16.5. The van der Waals surface area contributed by atoms with E-state index >= 15 is 0 Å². The van der Waals surface area contributed by atoms with Gasteiger partial charge in [0.2, 0.25) is 0 Å². The number of fused-ring (bicyclic) bond motifs is 1. The molecule has 2 aliphatic heterocycles. The SMILES string of the molecule is CN1C[C@H]2CN(CCc3ccccc3)C[C@H]2[C@@H]1c1cccc(F)c1.Cl.Cl. The minimum Gasteiger partial charge on any atom is -0.302 e. The third kappa shape index (κ3) is 4.40. The van der Waals surface area contributed by atoms with Gasteiger partial charge in [0.05, 0.1) is 0 Å². The molecular formula is C21H27Cl2FN2. The second kappa shape index (κ2) is 9.18. The minimum absolute atomic E-state index is 0. The lowest BCUT2D eigenvalue weighted by Gasteiger charge is -2.27. The Labute approximate surface area is 168 Å². The van der Waals surface area contributed by atoms with Gasteiger partial charge in [-0.3, -0.25) is 4.90 Å². The van der Waals surface area contributed by atoms with E-state index in [1.807, 2.05) is 6.07 Å².